The number of hydrogen-bond donors (Lipinski definition) is 0. The summed E-state index contributed by atoms with van der Waals surface area (Å²) >= 11 is 0. The van der Waals surface area contributed by atoms with Crippen molar-refractivity contribution in [2.45, 2.75) is 51.9 Å². The van der Waals surface area contributed by atoms with Crippen LogP contribution in [-0.4, -0.2) is 57.3 Å². The smallest absolute Gasteiger partial charge is 0.306 e. The van der Waals surface area contributed by atoms with Gasteiger partial charge in [0.25, 0.3) is 0 Å². The van der Waals surface area contributed by atoms with Crippen LogP contribution in [-0.2, 0) is 9.53 Å². The molecule has 0 N–H and O–H groups in total. The Morgan fingerprint density at radius 1 is 1.06 bits per heavy atom. The van der Waals surface area contributed by atoms with Gasteiger partial charge in [0, 0.05) is 32.7 Å². The number of para-hydroxylation sites is 2. The summed E-state index contributed by atoms with van der Waals surface area (Å²) in [5.41, 5.74) is 1.90. The number of methoxy groups -OCH3 is 1. The van der Waals surface area contributed by atoms with Gasteiger partial charge in [-0.3, -0.25) is 9.69 Å². The fourth-order valence-electron chi connectivity index (χ4n) is 7.88. The summed E-state index contributed by atoms with van der Waals surface area (Å²) in [6, 6.07) is 8.22. The van der Waals surface area contributed by atoms with E-state index in [9.17, 15) is 4.79 Å². The third-order valence-corrected chi connectivity index (χ3v) is 8.46. The molecule has 31 heavy (non-hydrogen) atoms. The summed E-state index contributed by atoms with van der Waals surface area (Å²) in [5, 5.41) is 0. The van der Waals surface area contributed by atoms with Crippen LogP contribution >= 0.6 is 0 Å². The molecule has 6 rings (SSSR count). The van der Waals surface area contributed by atoms with Gasteiger partial charge >= 0.3 is 5.97 Å². The van der Waals surface area contributed by atoms with Crippen LogP contribution in [0.15, 0.2) is 24.3 Å². The molecule has 1 aromatic carbocycles. The SMILES string of the molecule is COc1ccccc1N1CCN(CCOC(=O)CC23C[C@@H]4C[C@@H](CC(C)(C4)C2)C3)CC1. The van der Waals surface area contributed by atoms with Crippen molar-refractivity contribution in [3.05, 3.63) is 24.3 Å². The van der Waals surface area contributed by atoms with Gasteiger partial charge in [-0.05, 0) is 73.3 Å². The third kappa shape index (κ3) is 4.44. The number of carbonyl (C=O) groups is 1. The molecule has 0 radical (unpaired) electrons. The van der Waals surface area contributed by atoms with E-state index in [1.807, 2.05) is 12.1 Å². The highest BCUT2D eigenvalue weighted by Gasteiger charge is 2.56. The number of benzene rings is 1. The van der Waals surface area contributed by atoms with Crippen LogP contribution in [0.25, 0.3) is 0 Å². The zero-order valence-electron chi connectivity index (χ0n) is 19.3. The van der Waals surface area contributed by atoms with Crippen LogP contribution in [0.4, 0.5) is 5.69 Å². The molecule has 170 valence electrons. The minimum Gasteiger partial charge on any atom is -0.495 e. The lowest BCUT2D eigenvalue weighted by Gasteiger charge is -2.61. The summed E-state index contributed by atoms with van der Waals surface area (Å²) in [4.78, 5) is 17.5. The van der Waals surface area contributed by atoms with Gasteiger partial charge in [-0.2, -0.15) is 0 Å². The number of ether oxygens (including phenoxy) is 2. The Morgan fingerprint density at radius 2 is 1.77 bits per heavy atom. The molecule has 5 nitrogen and oxygen atoms in total. The lowest BCUT2D eigenvalue weighted by Crippen LogP contribution is -2.51. The van der Waals surface area contributed by atoms with Crippen LogP contribution < -0.4 is 9.64 Å². The molecule has 2 unspecified atom stereocenters. The first-order chi connectivity index (χ1) is 15.0. The average molecular weight is 427 g/mol. The first-order valence-corrected chi connectivity index (χ1v) is 12.2. The standard InChI is InChI=1S/C26H38N2O3/c1-25-14-20-13-21(15-25)17-26(16-20,19-25)18-24(29)31-12-11-27-7-9-28(10-8-27)22-5-3-4-6-23(22)30-2/h3-6,20-21H,7-19H2,1-2H3/t20-,21+,25?,26?. The van der Waals surface area contributed by atoms with E-state index in [-0.39, 0.29) is 11.4 Å². The number of esters is 1. The third-order valence-electron chi connectivity index (χ3n) is 8.46. The molecule has 0 amide bonds. The molecule has 0 spiro atoms. The Kier molecular flexibility index (Phi) is 5.66. The van der Waals surface area contributed by atoms with Crippen LogP contribution in [0.5, 0.6) is 5.75 Å². The minimum atomic E-state index is 0.0400. The number of piperazine rings is 1. The summed E-state index contributed by atoms with van der Waals surface area (Å²) in [7, 11) is 1.73. The van der Waals surface area contributed by atoms with Gasteiger partial charge in [-0.15, -0.1) is 0 Å². The predicted octanol–water partition coefficient (Wildman–Crippen LogP) is 4.36. The molecule has 4 aliphatic carbocycles. The monoisotopic (exact) mass is 426 g/mol. The van der Waals surface area contributed by atoms with Gasteiger partial charge in [0.2, 0.25) is 0 Å². The molecular formula is C26H38N2O3. The van der Waals surface area contributed by atoms with E-state index < -0.39 is 0 Å². The van der Waals surface area contributed by atoms with Gasteiger partial charge < -0.3 is 14.4 Å². The van der Waals surface area contributed by atoms with Gasteiger partial charge in [0.05, 0.1) is 19.2 Å². The number of carbonyl (C=O) groups excluding carboxylic acids is 1. The van der Waals surface area contributed by atoms with Crippen LogP contribution in [0.2, 0.25) is 0 Å². The van der Waals surface area contributed by atoms with Crippen LogP contribution in [0.1, 0.15) is 51.9 Å². The van der Waals surface area contributed by atoms with Gasteiger partial charge in [0.1, 0.15) is 12.4 Å². The van der Waals surface area contributed by atoms with E-state index >= 15 is 0 Å². The topological polar surface area (TPSA) is 42.0 Å². The normalized spacial score (nSPS) is 34.7. The quantitative estimate of drug-likeness (QED) is 0.606. The Hall–Kier alpha value is -1.75. The van der Waals surface area contributed by atoms with Crippen molar-refractivity contribution in [1.82, 2.24) is 4.90 Å². The molecule has 5 fully saturated rings. The first kappa shape index (κ1) is 21.1. The summed E-state index contributed by atoms with van der Waals surface area (Å²) in [6.07, 6.45) is 8.61. The lowest BCUT2D eigenvalue weighted by atomic mass is 9.44. The van der Waals surface area contributed by atoms with Crippen molar-refractivity contribution < 1.29 is 14.3 Å². The second-order valence-electron chi connectivity index (χ2n) is 11.2. The molecule has 1 aromatic rings. The highest BCUT2D eigenvalue weighted by atomic mass is 16.5. The second-order valence-corrected chi connectivity index (χ2v) is 11.2. The fraction of sp³-hybridized carbons (Fsp3) is 0.731. The molecule has 1 saturated heterocycles. The lowest BCUT2D eigenvalue weighted by molar-refractivity contribution is -0.157. The zero-order chi connectivity index (χ0) is 21.5. The summed E-state index contributed by atoms with van der Waals surface area (Å²) in [6.45, 7) is 7.74. The Morgan fingerprint density at radius 3 is 2.45 bits per heavy atom. The highest BCUT2D eigenvalue weighted by molar-refractivity contribution is 5.70. The van der Waals surface area contributed by atoms with Crippen molar-refractivity contribution in [1.29, 1.82) is 0 Å². The number of anilines is 1. The van der Waals surface area contributed by atoms with Gasteiger partial charge in [0.15, 0.2) is 0 Å². The molecule has 0 aromatic heterocycles. The maximum absolute atomic E-state index is 12.7. The van der Waals surface area contributed by atoms with Gasteiger partial charge in [-0.1, -0.05) is 19.1 Å². The molecule has 1 heterocycles. The van der Waals surface area contributed by atoms with Crippen molar-refractivity contribution >= 4 is 11.7 Å². The highest BCUT2D eigenvalue weighted by Crippen LogP contribution is 2.66. The van der Waals surface area contributed by atoms with Crippen molar-refractivity contribution in [2.75, 3.05) is 51.3 Å². The maximum atomic E-state index is 12.7. The van der Waals surface area contributed by atoms with E-state index in [1.165, 1.54) is 44.2 Å². The number of rotatable bonds is 7. The van der Waals surface area contributed by atoms with Gasteiger partial charge in [-0.25, -0.2) is 0 Å². The van der Waals surface area contributed by atoms with E-state index in [4.69, 9.17) is 9.47 Å². The number of hydrogen-bond acceptors (Lipinski definition) is 5. The van der Waals surface area contributed by atoms with E-state index in [1.54, 1.807) is 7.11 Å². The second kappa shape index (κ2) is 8.31. The summed E-state index contributed by atoms with van der Waals surface area (Å²) < 4.78 is 11.3. The maximum Gasteiger partial charge on any atom is 0.306 e. The largest absolute Gasteiger partial charge is 0.495 e. The van der Waals surface area contributed by atoms with E-state index in [2.05, 4.69) is 28.9 Å². The zero-order valence-corrected chi connectivity index (χ0v) is 19.3. The Balaban J connectivity index is 1.06. The number of nitrogens with zero attached hydrogens (tertiary/aromatic N) is 2. The molecule has 1 aliphatic heterocycles. The van der Waals surface area contributed by atoms with E-state index in [0.717, 1.165) is 50.3 Å². The van der Waals surface area contributed by atoms with Crippen molar-refractivity contribution in [2.24, 2.45) is 22.7 Å². The first-order valence-electron chi connectivity index (χ1n) is 12.2. The molecule has 4 atom stereocenters. The molecule has 4 saturated carbocycles. The Bertz CT molecular complexity index is 788. The molecule has 4 bridgehead atoms. The van der Waals surface area contributed by atoms with Crippen LogP contribution in [0, 0.1) is 22.7 Å². The predicted molar refractivity (Wildman–Crippen MR) is 122 cm³/mol. The molecule has 5 aliphatic rings. The average Bonchev–Trinajstić information content (AvgIpc) is 2.72. The summed E-state index contributed by atoms with van der Waals surface area (Å²) in [5.74, 6) is 2.69. The van der Waals surface area contributed by atoms with Crippen LogP contribution in [0.3, 0.4) is 0 Å². The van der Waals surface area contributed by atoms with Crippen molar-refractivity contribution in [3.8, 4) is 5.75 Å². The fourth-order valence-corrected chi connectivity index (χ4v) is 7.88. The van der Waals surface area contributed by atoms with Crippen molar-refractivity contribution in [3.63, 3.8) is 0 Å². The molecule has 5 heteroatoms. The minimum absolute atomic E-state index is 0.0400. The van der Waals surface area contributed by atoms with E-state index in [0.29, 0.717) is 18.4 Å². The molecular weight excluding hydrogens is 388 g/mol. The Labute approximate surface area is 187 Å².